The van der Waals surface area contributed by atoms with E-state index in [9.17, 15) is 4.79 Å². The lowest BCUT2D eigenvalue weighted by atomic mass is 10.1. The molecule has 1 N–H and O–H groups in total. The average molecular weight is 298 g/mol. The van der Waals surface area contributed by atoms with Gasteiger partial charge in [-0.2, -0.15) is 0 Å². The van der Waals surface area contributed by atoms with Crippen molar-refractivity contribution in [3.05, 3.63) is 65.7 Å². The van der Waals surface area contributed by atoms with Crippen molar-refractivity contribution in [1.82, 2.24) is 5.32 Å². The zero-order chi connectivity index (χ0) is 15.2. The third-order valence-corrected chi connectivity index (χ3v) is 3.68. The van der Waals surface area contributed by atoms with E-state index in [-0.39, 0.29) is 5.91 Å². The Hall–Kier alpha value is -2.20. The summed E-state index contributed by atoms with van der Waals surface area (Å²) in [6.45, 7) is 2.00. The smallest absolute Gasteiger partial charge is 0.230 e. The number of benzene rings is 2. The molecule has 3 nitrogen and oxygen atoms in total. The van der Waals surface area contributed by atoms with E-state index >= 15 is 0 Å². The van der Waals surface area contributed by atoms with Gasteiger partial charge in [0, 0.05) is 12.7 Å². The molecule has 0 saturated heterocycles. The van der Waals surface area contributed by atoms with Gasteiger partial charge in [-0.3, -0.25) is 4.79 Å². The lowest BCUT2D eigenvalue weighted by Gasteiger charge is -2.20. The summed E-state index contributed by atoms with van der Waals surface area (Å²) >= 11 is 5.28. The standard InChI is InChI=1S/C17H18N2OS/c1-13-8-6-7-9-14(13)12-16(20)18-17(21)19(2)15-10-4-3-5-11-15/h3-11H,12H2,1-2H3,(H,18,20,21). The zero-order valence-corrected chi connectivity index (χ0v) is 13.0. The molecule has 0 heterocycles. The first-order valence-electron chi connectivity index (χ1n) is 6.75. The molecular formula is C17H18N2OS. The Morgan fingerprint density at radius 2 is 1.71 bits per heavy atom. The van der Waals surface area contributed by atoms with E-state index in [2.05, 4.69) is 5.32 Å². The van der Waals surface area contributed by atoms with E-state index in [0.717, 1.165) is 16.8 Å². The van der Waals surface area contributed by atoms with Crippen molar-refractivity contribution in [2.24, 2.45) is 0 Å². The van der Waals surface area contributed by atoms with Crippen molar-refractivity contribution in [2.75, 3.05) is 11.9 Å². The maximum Gasteiger partial charge on any atom is 0.230 e. The van der Waals surface area contributed by atoms with E-state index < -0.39 is 0 Å². The number of carbonyl (C=O) groups is 1. The molecule has 0 atom stereocenters. The number of rotatable bonds is 3. The summed E-state index contributed by atoms with van der Waals surface area (Å²) < 4.78 is 0. The molecular weight excluding hydrogens is 280 g/mol. The van der Waals surface area contributed by atoms with Crippen molar-refractivity contribution in [3.8, 4) is 0 Å². The number of aryl methyl sites for hydroxylation is 1. The predicted octanol–water partition coefficient (Wildman–Crippen LogP) is 3.08. The molecule has 0 bridgehead atoms. The van der Waals surface area contributed by atoms with Crippen LogP contribution in [0.5, 0.6) is 0 Å². The summed E-state index contributed by atoms with van der Waals surface area (Å²) in [6, 6.07) is 17.6. The van der Waals surface area contributed by atoms with Gasteiger partial charge >= 0.3 is 0 Å². The number of hydrogen-bond acceptors (Lipinski definition) is 2. The fourth-order valence-electron chi connectivity index (χ4n) is 2.00. The largest absolute Gasteiger partial charge is 0.322 e. The summed E-state index contributed by atoms with van der Waals surface area (Å²) in [6.07, 6.45) is 0.329. The molecule has 108 valence electrons. The lowest BCUT2D eigenvalue weighted by Crippen LogP contribution is -2.41. The van der Waals surface area contributed by atoms with Crippen LogP contribution in [0.3, 0.4) is 0 Å². The highest BCUT2D eigenvalue weighted by Gasteiger charge is 2.11. The van der Waals surface area contributed by atoms with Crippen molar-refractivity contribution in [3.63, 3.8) is 0 Å². The van der Waals surface area contributed by atoms with Crippen LogP contribution < -0.4 is 10.2 Å². The fourth-order valence-corrected chi connectivity index (χ4v) is 2.22. The van der Waals surface area contributed by atoms with Crippen LogP contribution >= 0.6 is 12.2 Å². The molecule has 0 saturated carbocycles. The first-order chi connectivity index (χ1) is 10.1. The van der Waals surface area contributed by atoms with Crippen LogP contribution in [0, 0.1) is 6.92 Å². The molecule has 1 amide bonds. The second-order valence-electron chi connectivity index (χ2n) is 4.85. The average Bonchev–Trinajstić information content (AvgIpc) is 2.49. The SMILES string of the molecule is Cc1ccccc1CC(=O)NC(=S)N(C)c1ccccc1. The van der Waals surface area contributed by atoms with Crippen LogP contribution in [-0.4, -0.2) is 18.1 Å². The van der Waals surface area contributed by atoms with E-state index in [1.54, 1.807) is 4.90 Å². The molecule has 0 aliphatic heterocycles. The zero-order valence-electron chi connectivity index (χ0n) is 12.2. The van der Waals surface area contributed by atoms with Crippen molar-refractivity contribution in [1.29, 1.82) is 0 Å². The van der Waals surface area contributed by atoms with Gasteiger partial charge in [-0.15, -0.1) is 0 Å². The van der Waals surface area contributed by atoms with E-state index in [1.165, 1.54) is 0 Å². The molecule has 0 radical (unpaired) electrons. The second kappa shape index (κ2) is 6.99. The maximum atomic E-state index is 12.1. The van der Waals surface area contributed by atoms with Gasteiger partial charge < -0.3 is 10.2 Å². The molecule has 21 heavy (non-hydrogen) atoms. The summed E-state index contributed by atoms with van der Waals surface area (Å²) in [7, 11) is 1.84. The molecule has 0 aliphatic carbocycles. The van der Waals surface area contributed by atoms with Crippen LogP contribution in [0.15, 0.2) is 54.6 Å². The summed E-state index contributed by atoms with van der Waals surface area (Å²) in [5.41, 5.74) is 3.06. The molecule has 0 unspecified atom stereocenters. The molecule has 0 fully saturated rings. The van der Waals surface area contributed by atoms with E-state index in [0.29, 0.717) is 11.5 Å². The summed E-state index contributed by atoms with van der Waals surface area (Å²) in [5.74, 6) is -0.0999. The third-order valence-electron chi connectivity index (χ3n) is 3.31. The number of carbonyl (C=O) groups excluding carboxylic acids is 1. The first kappa shape index (κ1) is 15.2. The highest BCUT2D eigenvalue weighted by atomic mass is 32.1. The van der Waals surface area contributed by atoms with E-state index in [1.807, 2.05) is 68.6 Å². The Bertz CT molecular complexity index is 640. The predicted molar refractivity (Wildman–Crippen MR) is 90.5 cm³/mol. The molecule has 0 aliphatic rings. The van der Waals surface area contributed by atoms with Gasteiger partial charge in [0.1, 0.15) is 0 Å². The number of anilines is 1. The van der Waals surface area contributed by atoms with E-state index in [4.69, 9.17) is 12.2 Å². The molecule has 0 spiro atoms. The topological polar surface area (TPSA) is 32.3 Å². The Morgan fingerprint density at radius 3 is 2.38 bits per heavy atom. The molecule has 2 aromatic carbocycles. The number of nitrogens with zero attached hydrogens (tertiary/aromatic N) is 1. The third kappa shape index (κ3) is 4.13. The van der Waals surface area contributed by atoms with Crippen molar-refractivity contribution >= 4 is 28.9 Å². The molecule has 0 aromatic heterocycles. The Kier molecular flexibility index (Phi) is 5.06. The second-order valence-corrected chi connectivity index (χ2v) is 5.24. The van der Waals surface area contributed by atoms with Gasteiger partial charge in [-0.25, -0.2) is 0 Å². The highest BCUT2D eigenvalue weighted by Crippen LogP contribution is 2.11. The summed E-state index contributed by atoms with van der Waals surface area (Å²) in [4.78, 5) is 13.9. The minimum Gasteiger partial charge on any atom is -0.322 e. The Balaban J connectivity index is 1.97. The van der Waals surface area contributed by atoms with Gasteiger partial charge in [0.05, 0.1) is 6.42 Å². The number of nitrogens with one attached hydrogen (secondary N) is 1. The van der Waals surface area contributed by atoms with Gasteiger partial charge in [0.2, 0.25) is 5.91 Å². The number of hydrogen-bond donors (Lipinski definition) is 1. The number of para-hydroxylation sites is 1. The van der Waals surface area contributed by atoms with Gasteiger partial charge in [0.25, 0.3) is 0 Å². The minimum atomic E-state index is -0.0999. The van der Waals surface area contributed by atoms with Crippen LogP contribution in [0.2, 0.25) is 0 Å². The quantitative estimate of drug-likeness (QED) is 0.884. The number of thiocarbonyl (C=S) groups is 1. The maximum absolute atomic E-state index is 12.1. The fraction of sp³-hybridized carbons (Fsp3) is 0.176. The summed E-state index contributed by atoms with van der Waals surface area (Å²) in [5, 5.41) is 3.17. The highest BCUT2D eigenvalue weighted by molar-refractivity contribution is 7.80. The molecule has 4 heteroatoms. The van der Waals surface area contributed by atoms with Gasteiger partial charge in [-0.05, 0) is 42.4 Å². The molecule has 2 rings (SSSR count). The minimum absolute atomic E-state index is 0.0999. The first-order valence-corrected chi connectivity index (χ1v) is 7.16. The van der Waals surface area contributed by atoms with Gasteiger partial charge in [-0.1, -0.05) is 42.5 Å². The van der Waals surface area contributed by atoms with Gasteiger partial charge in [0.15, 0.2) is 5.11 Å². The monoisotopic (exact) mass is 298 g/mol. The Labute approximate surface area is 130 Å². The van der Waals surface area contributed by atoms with Crippen LogP contribution in [-0.2, 0) is 11.2 Å². The van der Waals surface area contributed by atoms with Crippen LogP contribution in [0.4, 0.5) is 5.69 Å². The van der Waals surface area contributed by atoms with Crippen molar-refractivity contribution in [2.45, 2.75) is 13.3 Å². The lowest BCUT2D eigenvalue weighted by molar-refractivity contribution is -0.119. The number of amides is 1. The van der Waals surface area contributed by atoms with Crippen LogP contribution in [0.25, 0.3) is 0 Å². The van der Waals surface area contributed by atoms with Crippen LogP contribution in [0.1, 0.15) is 11.1 Å². The Morgan fingerprint density at radius 1 is 1.10 bits per heavy atom. The van der Waals surface area contributed by atoms with Crippen molar-refractivity contribution < 1.29 is 4.79 Å². The molecule has 2 aromatic rings. The normalized spacial score (nSPS) is 10.0.